The Balaban J connectivity index is 2.89. The van der Waals surface area contributed by atoms with Gasteiger partial charge >= 0.3 is 0 Å². The van der Waals surface area contributed by atoms with Crippen LogP contribution in [0.15, 0.2) is 24.3 Å². The number of halogens is 1. The van der Waals surface area contributed by atoms with E-state index in [2.05, 4.69) is 0 Å². The van der Waals surface area contributed by atoms with E-state index in [1.54, 1.807) is 0 Å². The molecule has 0 bridgehead atoms. The molecule has 1 nitrogen and oxygen atoms in total. The highest BCUT2D eigenvalue weighted by Crippen LogP contribution is 2.14. The molecular weight excluding hydrogens is 146 g/mol. The summed E-state index contributed by atoms with van der Waals surface area (Å²) in [4.78, 5) is 2.04. The molecule has 0 spiro atoms. The number of nitrogens with zero attached hydrogens (tertiary/aromatic N) is 1. The van der Waals surface area contributed by atoms with Crippen LogP contribution in [0.5, 0.6) is 0 Å². The largest absolute Gasteiger partial charge is 0.180 e. The first-order valence-corrected chi connectivity index (χ1v) is 3.51. The van der Waals surface area contributed by atoms with Crippen molar-refractivity contribution in [2.24, 2.45) is 0 Å². The number of rotatable bonds is 1. The average molecular weight is 156 g/mol. The lowest BCUT2D eigenvalue weighted by molar-refractivity contribution is 0.762. The second-order valence-corrected chi connectivity index (χ2v) is 2.81. The Kier molecular flexibility index (Phi) is 2.30. The van der Waals surface area contributed by atoms with Crippen LogP contribution in [-0.2, 0) is 0 Å². The molecule has 0 atom stereocenters. The van der Waals surface area contributed by atoms with Crippen LogP contribution in [0.25, 0.3) is 0 Å². The van der Waals surface area contributed by atoms with Crippen molar-refractivity contribution in [1.29, 1.82) is 0 Å². The summed E-state index contributed by atoms with van der Waals surface area (Å²) >= 11 is 5.70. The second kappa shape index (κ2) is 3.04. The molecule has 0 heterocycles. The van der Waals surface area contributed by atoms with Crippen LogP contribution >= 0.6 is 11.6 Å². The molecule has 0 fully saturated rings. The third-order valence-electron chi connectivity index (χ3n) is 1.34. The Labute approximate surface area is 66.2 Å². The monoisotopic (exact) mass is 155 g/mol. The summed E-state index contributed by atoms with van der Waals surface area (Å²) in [5.74, 6) is 0. The van der Waals surface area contributed by atoms with Gasteiger partial charge in [-0.2, -0.15) is 0 Å². The Morgan fingerprint density at radius 3 is 2.00 bits per heavy atom. The van der Waals surface area contributed by atoms with Crippen LogP contribution in [0.3, 0.4) is 0 Å². The Hall–Kier alpha value is -0.530. The van der Waals surface area contributed by atoms with Crippen molar-refractivity contribution in [3.63, 3.8) is 0 Å². The van der Waals surface area contributed by atoms with Crippen LogP contribution in [-0.4, -0.2) is 14.1 Å². The molecular formula is C8H10ClN+. The maximum Gasteiger partial charge on any atom is 0.180 e. The zero-order chi connectivity index (χ0) is 7.56. The molecule has 0 aliphatic carbocycles. The zero-order valence-corrected chi connectivity index (χ0v) is 6.89. The molecule has 53 valence electrons. The fourth-order valence-corrected chi connectivity index (χ4v) is 0.865. The van der Waals surface area contributed by atoms with Crippen molar-refractivity contribution in [2.75, 3.05) is 14.1 Å². The van der Waals surface area contributed by atoms with E-state index in [4.69, 9.17) is 11.6 Å². The molecule has 0 N–H and O–H groups in total. The van der Waals surface area contributed by atoms with Crippen molar-refractivity contribution in [3.05, 3.63) is 29.3 Å². The quantitative estimate of drug-likeness (QED) is 0.550. The summed E-state index contributed by atoms with van der Waals surface area (Å²) in [6.07, 6.45) is 0. The van der Waals surface area contributed by atoms with Crippen molar-refractivity contribution in [3.8, 4) is 0 Å². The zero-order valence-electron chi connectivity index (χ0n) is 6.13. The predicted octanol–water partition coefficient (Wildman–Crippen LogP) is 2.37. The van der Waals surface area contributed by atoms with Gasteiger partial charge < -0.3 is 0 Å². The molecule has 0 aliphatic heterocycles. The van der Waals surface area contributed by atoms with Crippen LogP contribution in [0, 0.1) is 0 Å². The summed E-state index contributed by atoms with van der Waals surface area (Å²) in [6, 6.07) is 7.75. The SMILES string of the molecule is C[N+](C)c1ccc(Cl)cc1. The number of hydrogen-bond acceptors (Lipinski definition) is 1. The lowest BCUT2D eigenvalue weighted by Gasteiger charge is -1.97. The molecule has 1 rings (SSSR count). The van der Waals surface area contributed by atoms with Gasteiger partial charge in [-0.1, -0.05) is 11.6 Å². The van der Waals surface area contributed by atoms with E-state index in [1.807, 2.05) is 43.3 Å². The van der Waals surface area contributed by atoms with Crippen molar-refractivity contribution >= 4 is 17.3 Å². The molecule has 2 heteroatoms. The summed E-state index contributed by atoms with van der Waals surface area (Å²) in [5, 5.41) is 0.783. The van der Waals surface area contributed by atoms with Crippen LogP contribution < -0.4 is 4.90 Å². The lowest BCUT2D eigenvalue weighted by Crippen LogP contribution is -2.09. The van der Waals surface area contributed by atoms with Gasteiger partial charge in [-0.3, -0.25) is 0 Å². The van der Waals surface area contributed by atoms with Gasteiger partial charge in [0.2, 0.25) is 0 Å². The summed E-state index contributed by atoms with van der Waals surface area (Å²) in [5.41, 5.74) is 1.17. The Morgan fingerprint density at radius 2 is 1.60 bits per heavy atom. The average Bonchev–Trinajstić information content (AvgIpc) is 1.88. The smallest absolute Gasteiger partial charge is 0.140 e. The fraction of sp³-hybridized carbons (Fsp3) is 0.250. The standard InChI is InChI=1S/C8H10ClN/c1-10(2)8-5-3-7(9)4-6-8/h3-6H,1-2H3/q+1. The second-order valence-electron chi connectivity index (χ2n) is 2.37. The Bertz CT molecular complexity index is 203. The molecule has 0 aliphatic rings. The minimum atomic E-state index is 0.783. The minimum Gasteiger partial charge on any atom is -0.140 e. The molecule has 0 saturated carbocycles. The van der Waals surface area contributed by atoms with Crippen LogP contribution in [0.2, 0.25) is 5.02 Å². The third kappa shape index (κ3) is 1.72. The van der Waals surface area contributed by atoms with E-state index < -0.39 is 0 Å². The molecule has 0 unspecified atom stereocenters. The highest BCUT2D eigenvalue weighted by molar-refractivity contribution is 6.30. The van der Waals surface area contributed by atoms with Crippen LogP contribution in [0.4, 0.5) is 5.69 Å². The highest BCUT2D eigenvalue weighted by Gasteiger charge is 2.02. The van der Waals surface area contributed by atoms with Gasteiger partial charge in [-0.25, -0.2) is 0 Å². The van der Waals surface area contributed by atoms with Gasteiger partial charge in [-0.15, -0.1) is 4.90 Å². The van der Waals surface area contributed by atoms with E-state index in [1.165, 1.54) is 5.69 Å². The van der Waals surface area contributed by atoms with Gasteiger partial charge in [0, 0.05) is 17.2 Å². The Morgan fingerprint density at radius 1 is 1.10 bits per heavy atom. The van der Waals surface area contributed by atoms with Crippen molar-refractivity contribution in [2.45, 2.75) is 0 Å². The maximum absolute atomic E-state index is 5.70. The first kappa shape index (κ1) is 7.58. The van der Waals surface area contributed by atoms with Crippen molar-refractivity contribution in [1.82, 2.24) is 4.90 Å². The third-order valence-corrected chi connectivity index (χ3v) is 1.60. The highest BCUT2D eigenvalue weighted by atomic mass is 35.5. The van der Waals surface area contributed by atoms with E-state index in [-0.39, 0.29) is 0 Å². The van der Waals surface area contributed by atoms with E-state index in [0.29, 0.717) is 0 Å². The van der Waals surface area contributed by atoms with Gasteiger partial charge in [0.15, 0.2) is 5.69 Å². The molecule has 1 aromatic rings. The molecule has 0 aromatic heterocycles. The van der Waals surface area contributed by atoms with Crippen molar-refractivity contribution < 1.29 is 0 Å². The van der Waals surface area contributed by atoms with Gasteiger partial charge in [0.1, 0.15) is 14.1 Å². The fourth-order valence-electron chi connectivity index (χ4n) is 0.739. The lowest BCUT2D eigenvalue weighted by atomic mass is 10.3. The van der Waals surface area contributed by atoms with E-state index in [9.17, 15) is 0 Å². The van der Waals surface area contributed by atoms with E-state index in [0.717, 1.165) is 5.02 Å². The van der Waals surface area contributed by atoms with Gasteiger partial charge in [0.05, 0.1) is 0 Å². The first-order chi connectivity index (χ1) is 4.70. The number of benzene rings is 1. The molecule has 1 aromatic carbocycles. The predicted molar refractivity (Wildman–Crippen MR) is 45.1 cm³/mol. The minimum absolute atomic E-state index is 0.783. The topological polar surface area (TPSA) is 5.90 Å². The first-order valence-electron chi connectivity index (χ1n) is 3.13. The number of hydrogen-bond donors (Lipinski definition) is 0. The normalized spacial score (nSPS) is 10.4. The summed E-state index contributed by atoms with van der Waals surface area (Å²) in [7, 11) is 4.01. The van der Waals surface area contributed by atoms with Gasteiger partial charge in [-0.05, 0) is 12.1 Å². The number of anilines is 1. The van der Waals surface area contributed by atoms with Crippen LogP contribution in [0.1, 0.15) is 0 Å². The molecule has 10 heavy (non-hydrogen) atoms. The summed E-state index contributed by atoms with van der Waals surface area (Å²) < 4.78 is 0. The maximum atomic E-state index is 5.70. The molecule has 0 amide bonds. The molecule has 0 saturated heterocycles. The van der Waals surface area contributed by atoms with Gasteiger partial charge in [0.25, 0.3) is 0 Å². The summed E-state index contributed by atoms with van der Waals surface area (Å²) in [6.45, 7) is 0. The van der Waals surface area contributed by atoms with E-state index >= 15 is 0 Å². The molecule has 1 radical (unpaired) electrons.